The lowest BCUT2D eigenvalue weighted by Gasteiger charge is -2.10. The van der Waals surface area contributed by atoms with E-state index in [9.17, 15) is 0 Å². The highest BCUT2D eigenvalue weighted by atomic mass is 15.1. The monoisotopic (exact) mass is 343 g/mol. The molecule has 4 nitrogen and oxygen atoms in total. The molecule has 4 rings (SSSR count). The van der Waals surface area contributed by atoms with Crippen molar-refractivity contribution in [2.24, 2.45) is 14.1 Å². The third-order valence-electron chi connectivity index (χ3n) is 5.08. The van der Waals surface area contributed by atoms with Gasteiger partial charge in [0.1, 0.15) is 18.4 Å². The number of hydrogen-bond donors (Lipinski definition) is 0. The number of benzene rings is 1. The highest BCUT2D eigenvalue weighted by molar-refractivity contribution is 5.84. The van der Waals surface area contributed by atoms with Crippen molar-refractivity contribution in [3.63, 3.8) is 0 Å². The van der Waals surface area contributed by atoms with Crippen molar-refractivity contribution in [1.82, 2.24) is 14.5 Å². The summed E-state index contributed by atoms with van der Waals surface area (Å²) in [5, 5.41) is 0. The van der Waals surface area contributed by atoms with Crippen molar-refractivity contribution >= 4 is 11.0 Å². The van der Waals surface area contributed by atoms with Gasteiger partial charge in [0.25, 0.3) is 0 Å². The molecule has 0 atom stereocenters. The van der Waals surface area contributed by atoms with Crippen LogP contribution in [-0.2, 0) is 14.1 Å². The summed E-state index contributed by atoms with van der Waals surface area (Å²) in [5.41, 5.74) is 8.90. The van der Waals surface area contributed by atoms with E-state index in [2.05, 4.69) is 77.7 Å². The molecule has 0 saturated carbocycles. The maximum Gasteiger partial charge on any atom is 0.212 e. The summed E-state index contributed by atoms with van der Waals surface area (Å²) in [6, 6.07) is 14.8. The van der Waals surface area contributed by atoms with Gasteiger partial charge in [-0.3, -0.25) is 4.98 Å². The van der Waals surface area contributed by atoms with E-state index in [0.717, 1.165) is 33.8 Å². The SMILES string of the molecule is Cc1cc2c(nc(-c3cccc(-c4cccc[n+]4C)c3C)n2C)c(C)n1. The van der Waals surface area contributed by atoms with E-state index in [4.69, 9.17) is 4.98 Å². The zero-order valence-corrected chi connectivity index (χ0v) is 15.9. The molecule has 4 aromatic rings. The van der Waals surface area contributed by atoms with Gasteiger partial charge in [-0.25, -0.2) is 9.55 Å². The Hall–Kier alpha value is -3.01. The molecule has 1 aromatic carbocycles. The normalized spacial score (nSPS) is 11.3. The van der Waals surface area contributed by atoms with E-state index < -0.39 is 0 Å². The van der Waals surface area contributed by atoms with Crippen molar-refractivity contribution in [2.45, 2.75) is 20.8 Å². The van der Waals surface area contributed by atoms with E-state index in [1.807, 2.05) is 19.9 Å². The molecular weight excluding hydrogens is 320 g/mol. The molecule has 0 bridgehead atoms. The molecule has 3 heterocycles. The molecule has 0 aliphatic rings. The van der Waals surface area contributed by atoms with Gasteiger partial charge in [0, 0.05) is 36.0 Å². The Labute approximate surface area is 153 Å². The predicted molar refractivity (Wildman–Crippen MR) is 105 cm³/mol. The standard InChI is InChI=1S/C22H23N4/c1-14-13-20-21(16(3)23-14)24-22(26(20)5)18-10-8-9-17(15(18)2)19-11-6-7-12-25(19)4/h6-13H,1-5H3/q+1. The molecule has 4 heteroatoms. The van der Waals surface area contributed by atoms with Gasteiger partial charge < -0.3 is 4.57 Å². The summed E-state index contributed by atoms with van der Waals surface area (Å²) in [4.78, 5) is 9.50. The van der Waals surface area contributed by atoms with Crippen LogP contribution in [0.5, 0.6) is 0 Å². The molecule has 3 aromatic heterocycles. The van der Waals surface area contributed by atoms with Crippen molar-refractivity contribution in [2.75, 3.05) is 0 Å². The summed E-state index contributed by atoms with van der Waals surface area (Å²) >= 11 is 0. The fraction of sp³-hybridized carbons (Fsp3) is 0.227. The Balaban J connectivity index is 1.97. The largest absolute Gasteiger partial charge is 0.327 e. The first kappa shape index (κ1) is 16.5. The van der Waals surface area contributed by atoms with E-state index >= 15 is 0 Å². The molecule has 0 aliphatic carbocycles. The lowest BCUT2D eigenvalue weighted by atomic mass is 9.99. The van der Waals surface area contributed by atoms with Crippen LogP contribution in [0.2, 0.25) is 0 Å². The Kier molecular flexibility index (Phi) is 3.83. The first-order valence-corrected chi connectivity index (χ1v) is 8.83. The molecule has 130 valence electrons. The van der Waals surface area contributed by atoms with Gasteiger partial charge in [-0.05, 0) is 44.5 Å². The maximum atomic E-state index is 4.93. The van der Waals surface area contributed by atoms with Crippen LogP contribution in [0.4, 0.5) is 0 Å². The third kappa shape index (κ3) is 2.49. The molecule has 0 aliphatic heterocycles. The van der Waals surface area contributed by atoms with Crippen LogP contribution >= 0.6 is 0 Å². The van der Waals surface area contributed by atoms with E-state index in [-0.39, 0.29) is 0 Å². The summed E-state index contributed by atoms with van der Waals surface area (Å²) in [5.74, 6) is 0.980. The highest BCUT2D eigenvalue weighted by Gasteiger charge is 2.18. The second-order valence-corrected chi connectivity index (χ2v) is 6.89. The van der Waals surface area contributed by atoms with Crippen molar-refractivity contribution in [1.29, 1.82) is 0 Å². The Morgan fingerprint density at radius 1 is 0.923 bits per heavy atom. The number of hydrogen-bond acceptors (Lipinski definition) is 2. The molecule has 0 saturated heterocycles. The minimum absolute atomic E-state index is 0.975. The van der Waals surface area contributed by atoms with Crippen LogP contribution in [0, 0.1) is 20.8 Å². The Bertz CT molecular complexity index is 1140. The van der Waals surface area contributed by atoms with Gasteiger partial charge in [0.15, 0.2) is 6.20 Å². The molecular formula is C22H23N4+. The van der Waals surface area contributed by atoms with Crippen molar-refractivity contribution in [3.8, 4) is 22.6 Å². The number of rotatable bonds is 2. The zero-order chi connectivity index (χ0) is 18.4. The average molecular weight is 343 g/mol. The first-order chi connectivity index (χ1) is 12.5. The number of pyridine rings is 2. The van der Waals surface area contributed by atoms with Gasteiger partial charge >= 0.3 is 0 Å². The van der Waals surface area contributed by atoms with Crippen LogP contribution < -0.4 is 4.57 Å². The summed E-state index contributed by atoms with van der Waals surface area (Å²) in [7, 11) is 4.16. The average Bonchev–Trinajstić information content (AvgIpc) is 2.93. The minimum atomic E-state index is 0.975. The second kappa shape index (κ2) is 6.06. The fourth-order valence-corrected chi connectivity index (χ4v) is 3.69. The molecule has 0 spiro atoms. The molecule has 0 fully saturated rings. The summed E-state index contributed by atoms with van der Waals surface area (Å²) in [6.45, 7) is 6.23. The van der Waals surface area contributed by atoms with Gasteiger partial charge in [-0.1, -0.05) is 12.1 Å². The van der Waals surface area contributed by atoms with Crippen LogP contribution in [0.25, 0.3) is 33.7 Å². The van der Waals surface area contributed by atoms with E-state index in [1.54, 1.807) is 0 Å². The topological polar surface area (TPSA) is 34.6 Å². The number of fused-ring (bicyclic) bond motifs is 1. The first-order valence-electron chi connectivity index (χ1n) is 8.83. The van der Waals surface area contributed by atoms with Crippen LogP contribution in [0.3, 0.4) is 0 Å². The van der Waals surface area contributed by atoms with Gasteiger partial charge in [-0.2, -0.15) is 0 Å². The number of imidazole rings is 1. The van der Waals surface area contributed by atoms with Crippen LogP contribution in [0.15, 0.2) is 48.7 Å². The molecule has 26 heavy (non-hydrogen) atoms. The Morgan fingerprint density at radius 3 is 2.46 bits per heavy atom. The van der Waals surface area contributed by atoms with Crippen molar-refractivity contribution < 1.29 is 4.57 Å². The van der Waals surface area contributed by atoms with Gasteiger partial charge in [-0.15, -0.1) is 0 Å². The second-order valence-electron chi connectivity index (χ2n) is 6.89. The fourth-order valence-electron chi connectivity index (χ4n) is 3.69. The maximum absolute atomic E-state index is 4.93. The van der Waals surface area contributed by atoms with Crippen LogP contribution in [-0.4, -0.2) is 14.5 Å². The third-order valence-corrected chi connectivity index (χ3v) is 5.08. The molecule has 0 N–H and O–H groups in total. The number of aromatic nitrogens is 4. The highest BCUT2D eigenvalue weighted by Crippen LogP contribution is 2.32. The quantitative estimate of drug-likeness (QED) is 0.515. The van der Waals surface area contributed by atoms with Gasteiger partial charge in [0.05, 0.1) is 11.2 Å². The van der Waals surface area contributed by atoms with E-state index in [0.29, 0.717) is 0 Å². The number of nitrogens with zero attached hydrogens (tertiary/aromatic N) is 4. The Morgan fingerprint density at radius 2 is 1.69 bits per heavy atom. The lowest BCUT2D eigenvalue weighted by Crippen LogP contribution is -2.30. The molecule has 0 amide bonds. The lowest BCUT2D eigenvalue weighted by molar-refractivity contribution is -0.660. The van der Waals surface area contributed by atoms with Gasteiger partial charge in [0.2, 0.25) is 5.69 Å². The van der Waals surface area contributed by atoms with E-state index in [1.165, 1.54) is 16.8 Å². The zero-order valence-electron chi connectivity index (χ0n) is 15.9. The predicted octanol–water partition coefficient (Wildman–Crippen LogP) is 4.05. The minimum Gasteiger partial charge on any atom is -0.327 e. The smallest absolute Gasteiger partial charge is 0.212 e. The molecule has 0 unspecified atom stereocenters. The summed E-state index contributed by atoms with van der Waals surface area (Å²) < 4.78 is 4.33. The number of aryl methyl sites for hydroxylation is 4. The summed E-state index contributed by atoms with van der Waals surface area (Å²) in [6.07, 6.45) is 2.08. The van der Waals surface area contributed by atoms with Crippen LogP contribution in [0.1, 0.15) is 17.0 Å². The van der Waals surface area contributed by atoms with Crippen molar-refractivity contribution in [3.05, 3.63) is 65.6 Å². The molecule has 0 radical (unpaired) electrons.